The third kappa shape index (κ3) is 6.27. The Morgan fingerprint density at radius 3 is 2.55 bits per heavy atom. The Bertz CT molecular complexity index is 472. The van der Waals surface area contributed by atoms with Crippen LogP contribution in [0.3, 0.4) is 0 Å². The number of aliphatic imine (C=N–C) groups is 1. The van der Waals surface area contributed by atoms with Gasteiger partial charge in [0.15, 0.2) is 5.96 Å². The van der Waals surface area contributed by atoms with Crippen LogP contribution in [0.25, 0.3) is 0 Å². The second-order valence-electron chi connectivity index (χ2n) is 4.29. The average Bonchev–Trinajstić information content (AvgIpc) is 2.34. The SMILES string of the molecule is CN=C(NCCC(F)(F)F)NCc1ccc(Br)cc1C. The fourth-order valence-electron chi connectivity index (χ4n) is 1.58. The third-order valence-electron chi connectivity index (χ3n) is 2.68. The Hall–Kier alpha value is -1.24. The largest absolute Gasteiger partial charge is 0.390 e. The Morgan fingerprint density at radius 2 is 2.00 bits per heavy atom. The molecule has 0 aromatic heterocycles. The monoisotopic (exact) mass is 351 g/mol. The lowest BCUT2D eigenvalue weighted by Gasteiger charge is -2.14. The molecule has 0 unspecified atom stereocenters. The molecule has 0 aliphatic rings. The summed E-state index contributed by atoms with van der Waals surface area (Å²) in [6.07, 6.45) is -5.04. The van der Waals surface area contributed by atoms with Gasteiger partial charge in [0.2, 0.25) is 0 Å². The second kappa shape index (κ2) is 7.52. The van der Waals surface area contributed by atoms with E-state index in [2.05, 4.69) is 31.6 Å². The zero-order valence-electron chi connectivity index (χ0n) is 11.3. The molecule has 0 fully saturated rings. The summed E-state index contributed by atoms with van der Waals surface area (Å²) in [5, 5.41) is 5.63. The quantitative estimate of drug-likeness (QED) is 0.644. The first-order valence-corrected chi connectivity index (χ1v) is 6.87. The summed E-state index contributed by atoms with van der Waals surface area (Å²) in [5.74, 6) is 0.358. The molecule has 0 atom stereocenters. The van der Waals surface area contributed by atoms with Crippen molar-refractivity contribution < 1.29 is 13.2 Å². The highest BCUT2D eigenvalue weighted by molar-refractivity contribution is 9.10. The van der Waals surface area contributed by atoms with Crippen LogP contribution in [0.4, 0.5) is 13.2 Å². The van der Waals surface area contributed by atoms with Crippen LogP contribution >= 0.6 is 15.9 Å². The Kier molecular flexibility index (Phi) is 6.32. The molecule has 0 spiro atoms. The molecule has 0 aliphatic carbocycles. The first-order chi connectivity index (χ1) is 9.31. The number of alkyl halides is 3. The highest BCUT2D eigenvalue weighted by Crippen LogP contribution is 2.18. The van der Waals surface area contributed by atoms with Crippen LogP contribution in [0.15, 0.2) is 27.7 Å². The minimum Gasteiger partial charge on any atom is -0.356 e. The van der Waals surface area contributed by atoms with Gasteiger partial charge in [-0.1, -0.05) is 22.0 Å². The number of aryl methyl sites for hydroxylation is 1. The summed E-state index contributed by atoms with van der Waals surface area (Å²) in [5.41, 5.74) is 2.16. The smallest absolute Gasteiger partial charge is 0.356 e. The lowest BCUT2D eigenvalue weighted by molar-refractivity contribution is -0.132. The Labute approximate surface area is 124 Å². The Balaban J connectivity index is 2.46. The van der Waals surface area contributed by atoms with E-state index in [4.69, 9.17) is 0 Å². The highest BCUT2D eigenvalue weighted by atomic mass is 79.9. The van der Waals surface area contributed by atoms with E-state index >= 15 is 0 Å². The minimum absolute atomic E-state index is 0.192. The van der Waals surface area contributed by atoms with E-state index in [1.54, 1.807) is 0 Å². The van der Waals surface area contributed by atoms with Crippen LogP contribution in [0, 0.1) is 6.92 Å². The lowest BCUT2D eigenvalue weighted by atomic mass is 10.1. The summed E-state index contributed by atoms with van der Waals surface area (Å²) in [6.45, 7) is 2.29. The number of hydrogen-bond donors (Lipinski definition) is 2. The average molecular weight is 352 g/mol. The predicted octanol–water partition coefficient (Wildman–Crippen LogP) is 3.37. The van der Waals surface area contributed by atoms with Crippen molar-refractivity contribution >= 4 is 21.9 Å². The molecule has 3 nitrogen and oxygen atoms in total. The number of benzene rings is 1. The van der Waals surface area contributed by atoms with E-state index in [9.17, 15) is 13.2 Å². The molecule has 0 saturated heterocycles. The van der Waals surface area contributed by atoms with Crippen LogP contribution in [0.5, 0.6) is 0 Å². The minimum atomic E-state index is -4.16. The van der Waals surface area contributed by atoms with E-state index in [1.807, 2.05) is 25.1 Å². The van der Waals surface area contributed by atoms with Gasteiger partial charge >= 0.3 is 6.18 Å². The van der Waals surface area contributed by atoms with E-state index in [1.165, 1.54) is 7.05 Å². The zero-order valence-corrected chi connectivity index (χ0v) is 12.9. The zero-order chi connectivity index (χ0) is 15.2. The third-order valence-corrected chi connectivity index (χ3v) is 3.17. The van der Waals surface area contributed by atoms with Gasteiger partial charge in [-0.15, -0.1) is 0 Å². The maximum Gasteiger partial charge on any atom is 0.390 e. The summed E-state index contributed by atoms with van der Waals surface area (Å²) in [7, 11) is 1.53. The lowest BCUT2D eigenvalue weighted by Crippen LogP contribution is -2.38. The van der Waals surface area contributed by atoms with Crippen molar-refractivity contribution in [1.29, 1.82) is 0 Å². The number of nitrogens with one attached hydrogen (secondary N) is 2. The van der Waals surface area contributed by atoms with Crippen molar-refractivity contribution in [2.24, 2.45) is 4.99 Å². The number of halogens is 4. The molecular formula is C13H17BrF3N3. The fraction of sp³-hybridized carbons (Fsp3) is 0.462. The molecule has 1 rings (SSSR count). The van der Waals surface area contributed by atoms with E-state index in [-0.39, 0.29) is 6.54 Å². The topological polar surface area (TPSA) is 36.4 Å². The summed E-state index contributed by atoms with van der Waals surface area (Å²) >= 11 is 3.38. The van der Waals surface area contributed by atoms with Gasteiger partial charge in [0.25, 0.3) is 0 Å². The summed E-state index contributed by atoms with van der Waals surface area (Å²) < 4.78 is 37.1. The van der Waals surface area contributed by atoms with E-state index in [0.717, 1.165) is 15.6 Å². The molecule has 1 aromatic rings. The molecule has 7 heteroatoms. The molecule has 0 aliphatic heterocycles. The predicted molar refractivity (Wildman–Crippen MR) is 77.8 cm³/mol. The number of guanidine groups is 1. The van der Waals surface area contributed by atoms with E-state index in [0.29, 0.717) is 12.5 Å². The van der Waals surface area contributed by atoms with Crippen molar-refractivity contribution in [3.05, 3.63) is 33.8 Å². The van der Waals surface area contributed by atoms with Gasteiger partial charge in [0, 0.05) is 24.6 Å². The summed E-state index contributed by atoms with van der Waals surface area (Å²) in [6, 6.07) is 5.86. The summed E-state index contributed by atoms with van der Waals surface area (Å²) in [4.78, 5) is 3.89. The number of nitrogens with zero attached hydrogens (tertiary/aromatic N) is 1. The van der Waals surface area contributed by atoms with Gasteiger partial charge < -0.3 is 10.6 Å². The van der Waals surface area contributed by atoms with Gasteiger partial charge in [0.1, 0.15) is 0 Å². The molecule has 20 heavy (non-hydrogen) atoms. The van der Waals surface area contributed by atoms with Gasteiger partial charge in [-0.2, -0.15) is 13.2 Å². The van der Waals surface area contributed by atoms with Crippen LogP contribution in [0.1, 0.15) is 17.5 Å². The molecule has 0 amide bonds. The van der Waals surface area contributed by atoms with Gasteiger partial charge in [-0.25, -0.2) is 0 Å². The molecule has 0 heterocycles. The molecule has 1 aromatic carbocycles. The first kappa shape index (κ1) is 16.8. The molecule has 0 saturated carbocycles. The van der Waals surface area contributed by atoms with Crippen LogP contribution in [-0.2, 0) is 6.54 Å². The van der Waals surface area contributed by atoms with Crippen molar-refractivity contribution in [3.63, 3.8) is 0 Å². The van der Waals surface area contributed by atoms with Crippen LogP contribution in [-0.4, -0.2) is 25.7 Å². The second-order valence-corrected chi connectivity index (χ2v) is 5.20. The standard InChI is InChI=1S/C13H17BrF3N3/c1-9-7-11(14)4-3-10(9)8-20-12(18-2)19-6-5-13(15,16)17/h3-4,7H,5-6,8H2,1-2H3,(H2,18,19,20). The van der Waals surface area contributed by atoms with Crippen LogP contribution in [0.2, 0.25) is 0 Å². The molecule has 0 bridgehead atoms. The van der Waals surface area contributed by atoms with Gasteiger partial charge in [-0.3, -0.25) is 4.99 Å². The van der Waals surface area contributed by atoms with Crippen molar-refractivity contribution in [1.82, 2.24) is 10.6 Å². The van der Waals surface area contributed by atoms with Gasteiger partial charge in [0.05, 0.1) is 6.42 Å². The molecule has 0 radical (unpaired) electrons. The van der Waals surface area contributed by atoms with E-state index < -0.39 is 12.6 Å². The highest BCUT2D eigenvalue weighted by Gasteiger charge is 2.26. The normalized spacial score (nSPS) is 12.4. The molecule has 112 valence electrons. The number of rotatable bonds is 4. The molecular weight excluding hydrogens is 335 g/mol. The number of hydrogen-bond acceptors (Lipinski definition) is 1. The molecule has 2 N–H and O–H groups in total. The Morgan fingerprint density at radius 1 is 1.30 bits per heavy atom. The maximum atomic E-state index is 12.0. The van der Waals surface area contributed by atoms with Gasteiger partial charge in [-0.05, 0) is 30.2 Å². The van der Waals surface area contributed by atoms with Crippen molar-refractivity contribution in [3.8, 4) is 0 Å². The maximum absolute atomic E-state index is 12.0. The van der Waals surface area contributed by atoms with Crippen LogP contribution < -0.4 is 10.6 Å². The van der Waals surface area contributed by atoms with Crippen molar-refractivity contribution in [2.45, 2.75) is 26.1 Å². The first-order valence-electron chi connectivity index (χ1n) is 6.08. The van der Waals surface area contributed by atoms with Crippen molar-refractivity contribution in [2.75, 3.05) is 13.6 Å². The fourth-order valence-corrected chi connectivity index (χ4v) is 2.06.